The quantitative estimate of drug-likeness (QED) is 0.164. The van der Waals surface area contributed by atoms with Gasteiger partial charge in [-0.15, -0.1) is 0 Å². The zero-order chi connectivity index (χ0) is 28.5. The molecular weight excluding hydrogens is 502 g/mol. The molecule has 0 bridgehead atoms. The molecule has 40 heavy (non-hydrogen) atoms. The van der Waals surface area contributed by atoms with Crippen LogP contribution in [0.15, 0.2) is 79.0 Å². The van der Waals surface area contributed by atoms with E-state index in [0.29, 0.717) is 30.8 Å². The number of likely N-dealkylation sites (N-methyl/N-ethyl adjacent to an activating group) is 1. The summed E-state index contributed by atoms with van der Waals surface area (Å²) in [4.78, 5) is 31.3. The van der Waals surface area contributed by atoms with Crippen LogP contribution in [0.2, 0.25) is 0 Å². The number of nitrogens with one attached hydrogen (secondary N) is 2. The van der Waals surface area contributed by atoms with Crippen molar-refractivity contribution in [3.8, 4) is 0 Å². The molecule has 0 aliphatic heterocycles. The molecule has 0 saturated carbocycles. The van der Waals surface area contributed by atoms with E-state index >= 15 is 0 Å². The Morgan fingerprint density at radius 1 is 0.850 bits per heavy atom. The van der Waals surface area contributed by atoms with E-state index in [9.17, 15) is 9.59 Å². The van der Waals surface area contributed by atoms with E-state index in [-0.39, 0.29) is 11.8 Å². The predicted molar refractivity (Wildman–Crippen MR) is 161 cm³/mol. The van der Waals surface area contributed by atoms with Crippen molar-refractivity contribution in [3.63, 3.8) is 0 Å². The van der Waals surface area contributed by atoms with Gasteiger partial charge >= 0.3 is 0 Å². The SMILES string of the molecule is C[N+](CCN)(CCN)CCC[C@H](N)C(=O)N[C@@H](C(=O)Nc1cnc2ccccc2c1)c1ccc2ccccc2c1. The lowest BCUT2D eigenvalue weighted by atomic mass is 10.0. The number of rotatable bonds is 13. The Labute approximate surface area is 235 Å². The van der Waals surface area contributed by atoms with E-state index in [0.717, 1.165) is 52.2 Å². The number of fused-ring (bicyclic) bond motifs is 2. The molecule has 0 aliphatic rings. The number of carbonyl (C=O) groups is 2. The minimum atomic E-state index is -0.940. The number of nitrogens with two attached hydrogens (primary N) is 3. The highest BCUT2D eigenvalue weighted by Gasteiger charge is 2.27. The van der Waals surface area contributed by atoms with E-state index in [1.54, 1.807) is 6.20 Å². The maximum Gasteiger partial charge on any atom is 0.251 e. The van der Waals surface area contributed by atoms with Crippen LogP contribution in [0.4, 0.5) is 5.69 Å². The summed E-state index contributed by atoms with van der Waals surface area (Å²) in [5.41, 5.74) is 19.9. The number of hydrogen-bond donors (Lipinski definition) is 5. The number of pyridine rings is 1. The molecule has 0 unspecified atom stereocenters. The number of nitrogens with zero attached hydrogens (tertiary/aromatic N) is 2. The Balaban J connectivity index is 1.51. The Morgan fingerprint density at radius 3 is 2.25 bits per heavy atom. The van der Waals surface area contributed by atoms with E-state index < -0.39 is 12.1 Å². The number of aromatic nitrogens is 1. The van der Waals surface area contributed by atoms with Gasteiger partial charge in [-0.3, -0.25) is 14.6 Å². The third-order valence-electron chi connectivity index (χ3n) is 7.40. The van der Waals surface area contributed by atoms with Gasteiger partial charge in [0.25, 0.3) is 5.91 Å². The molecule has 0 saturated heterocycles. The molecule has 1 heterocycles. The summed E-state index contributed by atoms with van der Waals surface area (Å²) in [7, 11) is 2.12. The first-order valence-electron chi connectivity index (χ1n) is 13.8. The molecule has 9 nitrogen and oxygen atoms in total. The summed E-state index contributed by atoms with van der Waals surface area (Å²) < 4.78 is 0.739. The second-order valence-electron chi connectivity index (χ2n) is 10.6. The highest BCUT2D eigenvalue weighted by molar-refractivity contribution is 6.00. The van der Waals surface area contributed by atoms with Crippen molar-refractivity contribution in [1.82, 2.24) is 10.3 Å². The summed E-state index contributed by atoms with van der Waals surface area (Å²) in [5.74, 6) is -0.750. The molecule has 0 aliphatic carbocycles. The highest BCUT2D eigenvalue weighted by atomic mass is 16.2. The van der Waals surface area contributed by atoms with Crippen molar-refractivity contribution in [3.05, 3.63) is 84.6 Å². The Hall–Kier alpha value is -3.89. The first-order valence-corrected chi connectivity index (χ1v) is 13.8. The molecule has 9 heteroatoms. The summed E-state index contributed by atoms with van der Waals surface area (Å²) >= 11 is 0. The van der Waals surface area contributed by atoms with Crippen LogP contribution in [0, 0.1) is 0 Å². The van der Waals surface area contributed by atoms with Gasteiger partial charge in [0, 0.05) is 18.5 Å². The topological polar surface area (TPSA) is 149 Å². The van der Waals surface area contributed by atoms with Gasteiger partial charge in [-0.2, -0.15) is 0 Å². The van der Waals surface area contributed by atoms with Gasteiger partial charge in [-0.05, 0) is 47.4 Å². The van der Waals surface area contributed by atoms with E-state index in [2.05, 4.69) is 22.7 Å². The zero-order valence-corrected chi connectivity index (χ0v) is 23.1. The number of para-hydroxylation sites is 1. The van der Waals surface area contributed by atoms with Crippen LogP contribution in [-0.2, 0) is 9.59 Å². The predicted octanol–water partition coefficient (Wildman–Crippen LogP) is 2.66. The molecule has 2 amide bonds. The zero-order valence-electron chi connectivity index (χ0n) is 23.1. The Morgan fingerprint density at radius 2 is 1.52 bits per heavy atom. The van der Waals surface area contributed by atoms with Gasteiger partial charge < -0.3 is 32.3 Å². The summed E-state index contributed by atoms with van der Waals surface area (Å²) in [5, 5.41) is 8.77. The number of quaternary nitrogens is 1. The van der Waals surface area contributed by atoms with E-state index in [1.165, 1.54) is 0 Å². The number of hydrogen-bond acceptors (Lipinski definition) is 6. The van der Waals surface area contributed by atoms with E-state index in [4.69, 9.17) is 17.2 Å². The number of benzene rings is 3. The van der Waals surface area contributed by atoms with Crippen molar-refractivity contribution >= 4 is 39.2 Å². The van der Waals surface area contributed by atoms with Crippen molar-refractivity contribution in [2.24, 2.45) is 17.2 Å². The van der Waals surface area contributed by atoms with Gasteiger partial charge in [0.2, 0.25) is 5.91 Å². The van der Waals surface area contributed by atoms with Crippen LogP contribution in [0.25, 0.3) is 21.7 Å². The molecule has 4 rings (SSSR count). The molecule has 210 valence electrons. The lowest BCUT2D eigenvalue weighted by molar-refractivity contribution is -0.907. The molecular formula is C31H40N7O2+. The van der Waals surface area contributed by atoms with E-state index in [1.807, 2.05) is 72.8 Å². The van der Waals surface area contributed by atoms with Crippen LogP contribution >= 0.6 is 0 Å². The second kappa shape index (κ2) is 13.5. The average Bonchev–Trinajstić information content (AvgIpc) is 2.95. The molecule has 4 aromatic rings. The van der Waals surface area contributed by atoms with Crippen molar-refractivity contribution in [1.29, 1.82) is 0 Å². The van der Waals surface area contributed by atoms with Crippen molar-refractivity contribution in [2.75, 3.05) is 45.1 Å². The molecule has 0 spiro atoms. The van der Waals surface area contributed by atoms with Crippen LogP contribution < -0.4 is 27.8 Å². The van der Waals surface area contributed by atoms with Crippen LogP contribution in [0.5, 0.6) is 0 Å². The molecule has 2 atom stereocenters. The van der Waals surface area contributed by atoms with Crippen LogP contribution in [0.3, 0.4) is 0 Å². The minimum Gasteiger partial charge on any atom is -0.339 e. The number of amides is 2. The largest absolute Gasteiger partial charge is 0.339 e. The average molecular weight is 543 g/mol. The smallest absolute Gasteiger partial charge is 0.251 e. The van der Waals surface area contributed by atoms with Gasteiger partial charge in [0.1, 0.15) is 6.04 Å². The van der Waals surface area contributed by atoms with Gasteiger partial charge in [0.05, 0.1) is 50.1 Å². The first kappa shape index (κ1) is 29.1. The third kappa shape index (κ3) is 7.40. The summed E-state index contributed by atoms with van der Waals surface area (Å²) in [6.07, 6.45) is 2.83. The monoisotopic (exact) mass is 542 g/mol. The van der Waals surface area contributed by atoms with Crippen LogP contribution in [-0.4, -0.2) is 67.1 Å². The second-order valence-corrected chi connectivity index (χ2v) is 10.6. The fraction of sp³-hybridized carbons (Fsp3) is 0.323. The minimum absolute atomic E-state index is 0.372. The van der Waals surface area contributed by atoms with Gasteiger partial charge in [-0.1, -0.05) is 54.6 Å². The number of carbonyl (C=O) groups excluding carboxylic acids is 2. The fourth-order valence-corrected chi connectivity index (χ4v) is 5.07. The third-order valence-corrected chi connectivity index (χ3v) is 7.40. The lowest BCUT2D eigenvalue weighted by Crippen LogP contribution is -2.51. The summed E-state index contributed by atoms with van der Waals surface area (Å²) in [6, 6.07) is 21.5. The molecule has 8 N–H and O–H groups in total. The maximum atomic E-state index is 13.6. The van der Waals surface area contributed by atoms with Crippen LogP contribution in [0.1, 0.15) is 24.4 Å². The Kier molecular flexibility index (Phi) is 9.79. The molecule has 3 aromatic carbocycles. The van der Waals surface area contributed by atoms with Crippen molar-refractivity contribution in [2.45, 2.75) is 24.9 Å². The van der Waals surface area contributed by atoms with Gasteiger partial charge in [-0.25, -0.2) is 0 Å². The molecule has 0 radical (unpaired) electrons. The first-order chi connectivity index (χ1) is 19.3. The lowest BCUT2D eigenvalue weighted by Gasteiger charge is -2.34. The molecule has 1 aromatic heterocycles. The molecule has 0 fully saturated rings. The fourth-order valence-electron chi connectivity index (χ4n) is 5.07. The standard InChI is InChI=1S/C31H39N7O2/c1-38(17-14-32,18-15-33)16-6-10-27(34)30(39)37-29(25-13-12-22-7-2-3-8-23(22)19-25)31(40)36-26-20-24-9-4-5-11-28(24)35-21-26/h2-5,7-9,11-13,19-21,27,29H,6,10,14-18,32-34H2,1H3,(H-,36,37,39,40)/p+1/t27-,29+/m0/s1. The normalized spacial score (nSPS) is 13.2. The maximum absolute atomic E-state index is 13.6. The number of anilines is 1. The Bertz CT molecular complexity index is 1450. The highest BCUT2D eigenvalue weighted by Crippen LogP contribution is 2.23. The van der Waals surface area contributed by atoms with Crippen molar-refractivity contribution < 1.29 is 14.1 Å². The van der Waals surface area contributed by atoms with Gasteiger partial charge in [0.15, 0.2) is 0 Å². The summed E-state index contributed by atoms with van der Waals surface area (Å²) in [6.45, 7) is 3.58.